The standard InChI is InChI=1S/C5H8F3NO/c6-1-5(2-7,3-8)9-4-10/h4H,1-3H2,(H,9,10). The normalized spacial score (nSPS) is 11.1. The summed E-state index contributed by atoms with van der Waals surface area (Å²) in [6, 6.07) is 0. The van der Waals surface area contributed by atoms with Gasteiger partial charge in [-0.1, -0.05) is 0 Å². The molecule has 0 bridgehead atoms. The van der Waals surface area contributed by atoms with Crippen LogP contribution in [0.15, 0.2) is 0 Å². The number of amides is 1. The first-order chi connectivity index (χ1) is 4.74. The van der Waals surface area contributed by atoms with Crippen LogP contribution in [-0.2, 0) is 4.79 Å². The molecule has 0 rings (SSSR count). The highest BCUT2D eigenvalue weighted by atomic mass is 19.1. The van der Waals surface area contributed by atoms with Gasteiger partial charge in [0.15, 0.2) is 0 Å². The zero-order valence-electron chi connectivity index (χ0n) is 5.24. The fourth-order valence-corrected chi connectivity index (χ4v) is 0.348. The van der Waals surface area contributed by atoms with E-state index >= 15 is 0 Å². The van der Waals surface area contributed by atoms with Gasteiger partial charge in [-0.15, -0.1) is 0 Å². The number of hydrogen-bond acceptors (Lipinski definition) is 1. The largest absolute Gasteiger partial charge is 0.346 e. The number of carbonyl (C=O) groups excluding carboxylic acids is 1. The van der Waals surface area contributed by atoms with E-state index in [1.807, 2.05) is 0 Å². The van der Waals surface area contributed by atoms with Crippen LogP contribution < -0.4 is 5.32 Å². The van der Waals surface area contributed by atoms with Gasteiger partial charge in [0.25, 0.3) is 0 Å². The molecule has 0 aromatic rings. The summed E-state index contributed by atoms with van der Waals surface area (Å²) in [5, 5.41) is 1.74. The molecule has 0 aromatic carbocycles. The van der Waals surface area contributed by atoms with E-state index in [0.29, 0.717) is 0 Å². The van der Waals surface area contributed by atoms with Crippen molar-refractivity contribution in [2.75, 3.05) is 20.0 Å². The average Bonchev–Trinajstić information content (AvgIpc) is 2.01. The summed E-state index contributed by atoms with van der Waals surface area (Å²) < 4.78 is 35.4. The third-order valence-corrected chi connectivity index (χ3v) is 1.13. The molecule has 0 unspecified atom stereocenters. The van der Waals surface area contributed by atoms with Crippen LogP contribution in [0.2, 0.25) is 0 Å². The molecule has 10 heavy (non-hydrogen) atoms. The van der Waals surface area contributed by atoms with Gasteiger partial charge in [-0.2, -0.15) is 0 Å². The number of hydrogen-bond donors (Lipinski definition) is 1. The maximum atomic E-state index is 11.8. The van der Waals surface area contributed by atoms with Gasteiger partial charge >= 0.3 is 0 Å². The zero-order valence-corrected chi connectivity index (χ0v) is 5.24. The summed E-state index contributed by atoms with van der Waals surface area (Å²) in [5.41, 5.74) is -1.94. The van der Waals surface area contributed by atoms with Crippen molar-refractivity contribution in [1.29, 1.82) is 0 Å². The Morgan fingerprint density at radius 2 is 1.60 bits per heavy atom. The molecule has 1 N–H and O–H groups in total. The Balaban J connectivity index is 4.00. The second kappa shape index (κ2) is 4.14. The van der Waals surface area contributed by atoms with Crippen LogP contribution in [-0.4, -0.2) is 32.0 Å². The van der Waals surface area contributed by atoms with E-state index in [2.05, 4.69) is 0 Å². The maximum Gasteiger partial charge on any atom is 0.207 e. The predicted molar refractivity (Wildman–Crippen MR) is 29.9 cm³/mol. The monoisotopic (exact) mass is 155 g/mol. The van der Waals surface area contributed by atoms with Gasteiger partial charge in [0.05, 0.1) is 0 Å². The zero-order chi connectivity index (χ0) is 8.04. The van der Waals surface area contributed by atoms with Crippen LogP contribution in [0.5, 0.6) is 0 Å². The van der Waals surface area contributed by atoms with Crippen molar-refractivity contribution >= 4 is 6.41 Å². The second-order valence-electron chi connectivity index (χ2n) is 1.94. The Bertz CT molecular complexity index is 96.8. The Morgan fingerprint density at radius 1 is 1.20 bits per heavy atom. The summed E-state index contributed by atoms with van der Waals surface area (Å²) in [6.45, 7) is -3.71. The molecule has 0 saturated carbocycles. The molecule has 5 heteroatoms. The van der Waals surface area contributed by atoms with Gasteiger partial charge in [0.1, 0.15) is 25.6 Å². The summed E-state index contributed by atoms with van der Waals surface area (Å²) in [6.07, 6.45) is 0.0821. The highest BCUT2D eigenvalue weighted by Crippen LogP contribution is 2.06. The van der Waals surface area contributed by atoms with Crippen LogP contribution in [0.1, 0.15) is 0 Å². The van der Waals surface area contributed by atoms with E-state index in [1.54, 1.807) is 5.32 Å². The lowest BCUT2D eigenvalue weighted by Crippen LogP contribution is -2.50. The van der Waals surface area contributed by atoms with E-state index in [-0.39, 0.29) is 6.41 Å². The minimum Gasteiger partial charge on any atom is -0.346 e. The molecule has 0 saturated heterocycles. The van der Waals surface area contributed by atoms with Gasteiger partial charge in [0, 0.05) is 0 Å². The van der Waals surface area contributed by atoms with Crippen LogP contribution in [0, 0.1) is 0 Å². The fourth-order valence-electron chi connectivity index (χ4n) is 0.348. The molecule has 0 aromatic heterocycles. The van der Waals surface area contributed by atoms with Crippen molar-refractivity contribution in [3.63, 3.8) is 0 Å². The minimum absolute atomic E-state index is 0.0821. The predicted octanol–water partition coefficient (Wildman–Crippen LogP) is 0.380. The number of nitrogens with one attached hydrogen (secondary N) is 1. The van der Waals surface area contributed by atoms with Gasteiger partial charge in [-0.05, 0) is 0 Å². The molecule has 0 radical (unpaired) electrons. The first-order valence-electron chi connectivity index (χ1n) is 2.64. The highest BCUT2D eigenvalue weighted by molar-refractivity contribution is 5.48. The molecule has 0 fully saturated rings. The Hall–Kier alpha value is -0.740. The van der Waals surface area contributed by atoms with Crippen molar-refractivity contribution < 1.29 is 18.0 Å². The van der Waals surface area contributed by atoms with Crippen molar-refractivity contribution in [2.45, 2.75) is 5.54 Å². The number of halogens is 3. The lowest BCUT2D eigenvalue weighted by molar-refractivity contribution is -0.112. The summed E-state index contributed by atoms with van der Waals surface area (Å²) in [4.78, 5) is 9.69. The third kappa shape index (κ3) is 1.89. The van der Waals surface area contributed by atoms with E-state index in [9.17, 15) is 18.0 Å². The third-order valence-electron chi connectivity index (χ3n) is 1.13. The topological polar surface area (TPSA) is 29.1 Å². The molecule has 0 atom stereocenters. The summed E-state index contributed by atoms with van der Waals surface area (Å²) in [5.74, 6) is 0. The summed E-state index contributed by atoms with van der Waals surface area (Å²) in [7, 11) is 0. The molecule has 0 spiro atoms. The van der Waals surface area contributed by atoms with E-state index in [0.717, 1.165) is 0 Å². The van der Waals surface area contributed by atoms with Crippen LogP contribution in [0.4, 0.5) is 13.2 Å². The van der Waals surface area contributed by atoms with Gasteiger partial charge in [-0.3, -0.25) is 4.79 Å². The maximum absolute atomic E-state index is 11.8. The summed E-state index contributed by atoms with van der Waals surface area (Å²) >= 11 is 0. The van der Waals surface area contributed by atoms with E-state index in [1.165, 1.54) is 0 Å². The van der Waals surface area contributed by atoms with Crippen LogP contribution in [0.25, 0.3) is 0 Å². The molecule has 0 aliphatic heterocycles. The van der Waals surface area contributed by atoms with Crippen molar-refractivity contribution in [1.82, 2.24) is 5.32 Å². The molecule has 0 heterocycles. The first kappa shape index (κ1) is 9.26. The second-order valence-corrected chi connectivity index (χ2v) is 1.94. The number of carbonyl (C=O) groups is 1. The fraction of sp³-hybridized carbons (Fsp3) is 0.800. The van der Waals surface area contributed by atoms with Crippen molar-refractivity contribution in [3.05, 3.63) is 0 Å². The Labute approximate surface area is 56.4 Å². The smallest absolute Gasteiger partial charge is 0.207 e. The molecule has 60 valence electrons. The number of rotatable bonds is 5. The van der Waals surface area contributed by atoms with Crippen molar-refractivity contribution in [2.24, 2.45) is 0 Å². The van der Waals surface area contributed by atoms with Crippen LogP contribution in [0.3, 0.4) is 0 Å². The molecular formula is C5H8F3NO. The van der Waals surface area contributed by atoms with Gasteiger partial charge in [0.2, 0.25) is 6.41 Å². The molecule has 0 aliphatic carbocycles. The molecule has 0 aliphatic rings. The molecule has 2 nitrogen and oxygen atoms in total. The molecular weight excluding hydrogens is 147 g/mol. The van der Waals surface area contributed by atoms with Crippen LogP contribution >= 0.6 is 0 Å². The van der Waals surface area contributed by atoms with Gasteiger partial charge < -0.3 is 5.32 Å². The van der Waals surface area contributed by atoms with Crippen molar-refractivity contribution in [3.8, 4) is 0 Å². The SMILES string of the molecule is O=CNC(CF)(CF)CF. The minimum atomic E-state index is -1.94. The lowest BCUT2D eigenvalue weighted by Gasteiger charge is -2.22. The Morgan fingerprint density at radius 3 is 1.70 bits per heavy atom. The first-order valence-corrected chi connectivity index (χ1v) is 2.64. The van der Waals surface area contributed by atoms with E-state index < -0.39 is 25.6 Å². The van der Waals surface area contributed by atoms with Gasteiger partial charge in [-0.25, -0.2) is 13.2 Å². The number of alkyl halides is 3. The Kier molecular flexibility index (Phi) is 3.83. The highest BCUT2D eigenvalue weighted by Gasteiger charge is 2.29. The van der Waals surface area contributed by atoms with E-state index in [4.69, 9.17) is 0 Å². The average molecular weight is 155 g/mol. The quantitative estimate of drug-likeness (QED) is 0.571. The lowest BCUT2D eigenvalue weighted by atomic mass is 10.1. The molecule has 1 amide bonds.